The van der Waals surface area contributed by atoms with Gasteiger partial charge in [0.25, 0.3) is 0 Å². The molecule has 0 radical (unpaired) electrons. The fourth-order valence-electron chi connectivity index (χ4n) is 2.07. The van der Waals surface area contributed by atoms with Crippen LogP contribution in [0, 0.1) is 0 Å². The summed E-state index contributed by atoms with van der Waals surface area (Å²) in [6, 6.07) is 8.72. The van der Waals surface area contributed by atoms with Gasteiger partial charge in [-0.3, -0.25) is 9.98 Å². The van der Waals surface area contributed by atoms with E-state index in [2.05, 4.69) is 48.1 Å². The highest BCUT2D eigenvalue weighted by Crippen LogP contribution is 2.23. The fourth-order valence-corrected chi connectivity index (χ4v) is 2.07. The second-order valence-electron chi connectivity index (χ2n) is 4.60. The molecule has 2 nitrogen and oxygen atoms in total. The van der Waals surface area contributed by atoms with Crippen LogP contribution in [0.25, 0.3) is 10.9 Å². The van der Waals surface area contributed by atoms with Crippen LogP contribution in [0.1, 0.15) is 36.6 Å². The highest BCUT2D eigenvalue weighted by atomic mass is 14.8. The van der Waals surface area contributed by atoms with Crippen molar-refractivity contribution in [3.63, 3.8) is 0 Å². The lowest BCUT2D eigenvalue weighted by Crippen LogP contribution is -1.93. The smallest absolute Gasteiger partial charge is 0.0818 e. The normalized spacial score (nSPS) is 13.7. The van der Waals surface area contributed by atoms with Crippen LogP contribution in [-0.2, 0) is 6.54 Å². The number of rotatable bonds is 1. The Hall–Kier alpha value is -1.70. The van der Waals surface area contributed by atoms with Crippen LogP contribution < -0.4 is 0 Å². The number of hydrogen-bond donors (Lipinski definition) is 0. The van der Waals surface area contributed by atoms with Crippen molar-refractivity contribution < 1.29 is 0 Å². The van der Waals surface area contributed by atoms with Crippen molar-refractivity contribution in [1.82, 2.24) is 4.98 Å². The van der Waals surface area contributed by atoms with E-state index in [1.165, 1.54) is 16.5 Å². The van der Waals surface area contributed by atoms with Gasteiger partial charge >= 0.3 is 0 Å². The van der Waals surface area contributed by atoms with Gasteiger partial charge in [-0.15, -0.1) is 0 Å². The van der Waals surface area contributed by atoms with E-state index in [9.17, 15) is 0 Å². The van der Waals surface area contributed by atoms with Gasteiger partial charge in [0, 0.05) is 17.2 Å². The Balaban J connectivity index is 2.22. The molecule has 0 aliphatic carbocycles. The quantitative estimate of drug-likeness (QED) is 0.709. The first-order chi connectivity index (χ1) is 7.74. The van der Waals surface area contributed by atoms with Crippen molar-refractivity contribution >= 4 is 17.1 Å². The number of hydrogen-bond acceptors (Lipinski definition) is 2. The molecule has 1 aromatic carbocycles. The topological polar surface area (TPSA) is 25.2 Å². The summed E-state index contributed by atoms with van der Waals surface area (Å²) in [6.07, 6.45) is 1.91. The molecule has 0 bridgehead atoms. The second-order valence-corrected chi connectivity index (χ2v) is 4.60. The standard InChI is InChI=1S/C14H14N2/c1-9(2)10-3-4-11-5-12-7-15-8-14(12)16-13(11)6-10/h3-7,9H,8H2,1-2H3. The highest BCUT2D eigenvalue weighted by molar-refractivity contribution is 5.91. The van der Waals surface area contributed by atoms with Crippen molar-refractivity contribution in [2.75, 3.05) is 0 Å². The van der Waals surface area contributed by atoms with Gasteiger partial charge in [-0.05, 0) is 23.6 Å². The molecule has 1 aliphatic rings. The van der Waals surface area contributed by atoms with E-state index in [0.29, 0.717) is 5.92 Å². The molecule has 16 heavy (non-hydrogen) atoms. The molecule has 2 heteroatoms. The summed E-state index contributed by atoms with van der Waals surface area (Å²) in [5.74, 6) is 0.552. The van der Waals surface area contributed by atoms with E-state index in [4.69, 9.17) is 0 Å². The van der Waals surface area contributed by atoms with E-state index in [1.54, 1.807) is 0 Å². The molecule has 0 saturated carbocycles. The lowest BCUT2D eigenvalue weighted by Gasteiger charge is -2.07. The molecular formula is C14H14N2. The summed E-state index contributed by atoms with van der Waals surface area (Å²) >= 11 is 0. The summed E-state index contributed by atoms with van der Waals surface area (Å²) in [4.78, 5) is 8.92. The van der Waals surface area contributed by atoms with Crippen LogP contribution in [0.3, 0.4) is 0 Å². The average Bonchev–Trinajstić information content (AvgIpc) is 2.71. The number of fused-ring (bicyclic) bond motifs is 2. The monoisotopic (exact) mass is 210 g/mol. The van der Waals surface area contributed by atoms with Crippen LogP contribution in [0.15, 0.2) is 29.3 Å². The van der Waals surface area contributed by atoms with E-state index in [1.807, 2.05) is 6.21 Å². The van der Waals surface area contributed by atoms with Gasteiger partial charge in [0.1, 0.15) is 0 Å². The minimum atomic E-state index is 0.552. The Labute approximate surface area is 95.0 Å². The molecule has 0 spiro atoms. The number of aromatic nitrogens is 1. The van der Waals surface area contributed by atoms with Crippen molar-refractivity contribution in [2.24, 2.45) is 4.99 Å². The molecule has 1 aromatic heterocycles. The Morgan fingerprint density at radius 1 is 1.19 bits per heavy atom. The maximum Gasteiger partial charge on any atom is 0.0818 e. The second kappa shape index (κ2) is 3.41. The Bertz CT molecular complexity index is 583. The van der Waals surface area contributed by atoms with E-state index < -0.39 is 0 Å². The predicted octanol–water partition coefficient (Wildman–Crippen LogP) is 3.29. The maximum atomic E-state index is 4.67. The zero-order chi connectivity index (χ0) is 11.1. The first-order valence-electron chi connectivity index (χ1n) is 5.67. The van der Waals surface area contributed by atoms with Gasteiger partial charge < -0.3 is 0 Å². The number of aliphatic imine (C=N–C) groups is 1. The third-order valence-electron chi connectivity index (χ3n) is 3.09. The molecule has 80 valence electrons. The summed E-state index contributed by atoms with van der Waals surface area (Å²) in [5.41, 5.74) is 4.72. The Morgan fingerprint density at radius 2 is 2.06 bits per heavy atom. The molecule has 2 heterocycles. The van der Waals surface area contributed by atoms with Crippen molar-refractivity contribution in [1.29, 1.82) is 0 Å². The minimum Gasteiger partial charge on any atom is -0.286 e. The Kier molecular flexibility index (Phi) is 2.03. The maximum absolute atomic E-state index is 4.67. The molecule has 2 aromatic rings. The van der Waals surface area contributed by atoms with Crippen molar-refractivity contribution in [3.8, 4) is 0 Å². The van der Waals surface area contributed by atoms with E-state index in [-0.39, 0.29) is 0 Å². The molecule has 0 unspecified atom stereocenters. The summed E-state index contributed by atoms with van der Waals surface area (Å²) in [6.45, 7) is 5.15. The zero-order valence-electron chi connectivity index (χ0n) is 9.57. The van der Waals surface area contributed by atoms with E-state index >= 15 is 0 Å². The van der Waals surface area contributed by atoms with Crippen LogP contribution in [0.4, 0.5) is 0 Å². The zero-order valence-corrected chi connectivity index (χ0v) is 9.57. The third-order valence-corrected chi connectivity index (χ3v) is 3.09. The number of nitrogens with zero attached hydrogens (tertiary/aromatic N) is 2. The molecule has 0 saturated heterocycles. The molecule has 0 amide bonds. The largest absolute Gasteiger partial charge is 0.286 e. The molecular weight excluding hydrogens is 196 g/mol. The molecule has 0 atom stereocenters. The highest BCUT2D eigenvalue weighted by Gasteiger charge is 2.10. The van der Waals surface area contributed by atoms with E-state index in [0.717, 1.165) is 17.8 Å². The first-order valence-corrected chi connectivity index (χ1v) is 5.67. The molecule has 1 aliphatic heterocycles. The van der Waals surface area contributed by atoms with Crippen LogP contribution >= 0.6 is 0 Å². The first kappa shape index (κ1) is 9.52. The van der Waals surface area contributed by atoms with Crippen molar-refractivity contribution in [2.45, 2.75) is 26.3 Å². The SMILES string of the molecule is CC(C)c1ccc2cc3c(nc2c1)CN=C3. The predicted molar refractivity (Wildman–Crippen MR) is 67.1 cm³/mol. The summed E-state index contributed by atoms with van der Waals surface area (Å²) in [5, 5.41) is 1.21. The summed E-state index contributed by atoms with van der Waals surface area (Å²) in [7, 11) is 0. The lowest BCUT2D eigenvalue weighted by atomic mass is 10.0. The number of pyridine rings is 1. The molecule has 3 rings (SSSR count). The molecule has 0 fully saturated rings. The van der Waals surface area contributed by atoms with Gasteiger partial charge in [0.05, 0.1) is 17.8 Å². The van der Waals surface area contributed by atoms with Gasteiger partial charge in [-0.1, -0.05) is 26.0 Å². The minimum absolute atomic E-state index is 0.552. The van der Waals surface area contributed by atoms with Gasteiger partial charge in [0.15, 0.2) is 0 Å². The van der Waals surface area contributed by atoms with Crippen LogP contribution in [-0.4, -0.2) is 11.2 Å². The van der Waals surface area contributed by atoms with Gasteiger partial charge in [-0.2, -0.15) is 0 Å². The van der Waals surface area contributed by atoms with Crippen LogP contribution in [0.2, 0.25) is 0 Å². The Morgan fingerprint density at radius 3 is 2.88 bits per heavy atom. The fraction of sp³-hybridized carbons (Fsp3) is 0.286. The lowest BCUT2D eigenvalue weighted by molar-refractivity contribution is 0.868. The van der Waals surface area contributed by atoms with Gasteiger partial charge in [-0.25, -0.2) is 0 Å². The average molecular weight is 210 g/mol. The van der Waals surface area contributed by atoms with Crippen molar-refractivity contribution in [3.05, 3.63) is 41.1 Å². The summed E-state index contributed by atoms with van der Waals surface area (Å²) < 4.78 is 0. The number of benzene rings is 1. The third kappa shape index (κ3) is 1.42. The van der Waals surface area contributed by atoms with Crippen LogP contribution in [0.5, 0.6) is 0 Å². The molecule has 0 N–H and O–H groups in total. The van der Waals surface area contributed by atoms with Gasteiger partial charge in [0.2, 0.25) is 0 Å².